The number of hydrogen-bond acceptors (Lipinski definition) is 0. The molecule has 0 saturated heterocycles. The molecule has 0 fully saturated rings. The first-order valence-electron chi connectivity index (χ1n) is 2.52. The summed E-state index contributed by atoms with van der Waals surface area (Å²) in [7, 11) is 0. The van der Waals surface area contributed by atoms with Gasteiger partial charge in [0.05, 0.1) is 8.59 Å². The van der Waals surface area contributed by atoms with Gasteiger partial charge in [-0.2, -0.15) is 0 Å². The van der Waals surface area contributed by atoms with E-state index in [0.717, 1.165) is 6.07 Å². The highest BCUT2D eigenvalue weighted by molar-refractivity contribution is 14.1. The van der Waals surface area contributed by atoms with Crippen LogP contribution in [-0.2, 0) is 0 Å². The van der Waals surface area contributed by atoms with Crippen molar-refractivity contribution in [2.75, 3.05) is 0 Å². The molecule has 0 heterocycles. The van der Waals surface area contributed by atoms with Crippen molar-refractivity contribution >= 4 is 34.2 Å². The van der Waals surface area contributed by atoms with Crippen molar-refractivity contribution in [2.24, 2.45) is 0 Å². The lowest BCUT2D eigenvalue weighted by Gasteiger charge is -1.98. The molecule has 0 aliphatic rings. The Hall–Kier alpha value is 0.0300. The van der Waals surface area contributed by atoms with Gasteiger partial charge in [0.2, 0.25) is 0 Å². The third kappa shape index (κ3) is 1.61. The second kappa shape index (κ2) is 3.18. The first-order valence-corrected chi connectivity index (χ1v) is 3.98. The molecule has 0 N–H and O–H groups in total. The second-order valence-corrected chi connectivity index (χ2v) is 3.35. The fourth-order valence-electron chi connectivity index (χ4n) is 0.544. The third-order valence-electron chi connectivity index (χ3n) is 1.06. The van der Waals surface area contributed by atoms with Crippen LogP contribution in [-0.4, -0.2) is 0 Å². The second-order valence-electron chi connectivity index (χ2n) is 1.78. The molecule has 0 radical (unpaired) electrons. The molecule has 60 valence electrons. The topological polar surface area (TPSA) is 0 Å². The SMILES string of the molecule is Fc1c(Cl)cc(I)c(F)c1F. The van der Waals surface area contributed by atoms with Gasteiger partial charge >= 0.3 is 0 Å². The van der Waals surface area contributed by atoms with Crippen LogP contribution in [0.15, 0.2) is 6.07 Å². The van der Waals surface area contributed by atoms with Crippen LogP contribution in [0.1, 0.15) is 0 Å². The normalized spacial score (nSPS) is 10.3. The Balaban J connectivity index is 3.46. The average Bonchev–Trinajstić information content (AvgIpc) is 1.97. The zero-order valence-corrected chi connectivity index (χ0v) is 7.88. The minimum Gasteiger partial charge on any atom is -0.202 e. The van der Waals surface area contributed by atoms with Crippen molar-refractivity contribution in [1.82, 2.24) is 0 Å². The van der Waals surface area contributed by atoms with E-state index in [1.165, 1.54) is 22.6 Å². The van der Waals surface area contributed by atoms with E-state index in [0.29, 0.717) is 0 Å². The standard InChI is InChI=1S/C6HClF3I/c7-2-1-3(11)5(9)6(10)4(2)8/h1H. The molecule has 1 aromatic rings. The quantitative estimate of drug-likeness (QED) is 0.391. The monoisotopic (exact) mass is 292 g/mol. The Bertz CT molecular complexity index is 274. The van der Waals surface area contributed by atoms with E-state index < -0.39 is 22.5 Å². The maximum absolute atomic E-state index is 12.5. The highest BCUT2D eigenvalue weighted by atomic mass is 127. The molecular formula is C6HClF3I. The minimum atomic E-state index is -1.53. The predicted octanol–water partition coefficient (Wildman–Crippen LogP) is 3.36. The third-order valence-corrected chi connectivity index (χ3v) is 2.12. The maximum atomic E-state index is 12.5. The highest BCUT2D eigenvalue weighted by Gasteiger charge is 2.15. The molecule has 0 amide bonds. The number of halogens is 5. The van der Waals surface area contributed by atoms with Crippen molar-refractivity contribution in [2.45, 2.75) is 0 Å². The molecule has 11 heavy (non-hydrogen) atoms. The molecular weight excluding hydrogens is 291 g/mol. The van der Waals surface area contributed by atoms with E-state index in [4.69, 9.17) is 11.6 Å². The number of benzene rings is 1. The molecule has 0 aliphatic heterocycles. The fraction of sp³-hybridized carbons (Fsp3) is 0. The van der Waals surface area contributed by atoms with E-state index in [9.17, 15) is 13.2 Å². The van der Waals surface area contributed by atoms with Crippen LogP contribution >= 0.6 is 34.2 Å². The van der Waals surface area contributed by atoms with Gasteiger partial charge in [-0.1, -0.05) is 11.6 Å². The Morgan fingerprint density at radius 3 is 2.18 bits per heavy atom. The first kappa shape index (κ1) is 9.12. The molecule has 1 aromatic carbocycles. The van der Waals surface area contributed by atoms with Crippen LogP contribution in [0, 0.1) is 21.0 Å². The van der Waals surface area contributed by atoms with E-state index in [-0.39, 0.29) is 3.57 Å². The van der Waals surface area contributed by atoms with Crippen molar-refractivity contribution in [3.05, 3.63) is 32.1 Å². The largest absolute Gasteiger partial charge is 0.202 e. The molecule has 0 atom stereocenters. The van der Waals surface area contributed by atoms with Gasteiger partial charge in [-0.3, -0.25) is 0 Å². The first-order chi connectivity index (χ1) is 5.04. The van der Waals surface area contributed by atoms with Crippen molar-refractivity contribution in [1.29, 1.82) is 0 Å². The lowest BCUT2D eigenvalue weighted by Crippen LogP contribution is -1.94. The minimum absolute atomic E-state index is 0.0356. The summed E-state index contributed by atoms with van der Waals surface area (Å²) in [6.07, 6.45) is 0. The van der Waals surface area contributed by atoms with Gasteiger partial charge in [-0.25, -0.2) is 13.2 Å². The highest BCUT2D eigenvalue weighted by Crippen LogP contribution is 2.24. The molecule has 5 heteroatoms. The number of rotatable bonds is 0. The summed E-state index contributed by atoms with van der Waals surface area (Å²) in [4.78, 5) is 0. The van der Waals surface area contributed by atoms with Crippen LogP contribution in [0.2, 0.25) is 5.02 Å². The van der Waals surface area contributed by atoms with Crippen LogP contribution in [0.4, 0.5) is 13.2 Å². The van der Waals surface area contributed by atoms with Gasteiger partial charge in [0.1, 0.15) is 0 Å². The summed E-state index contributed by atoms with van der Waals surface area (Å²) in [6.45, 7) is 0. The van der Waals surface area contributed by atoms with Gasteiger partial charge in [0.25, 0.3) is 0 Å². The Morgan fingerprint density at radius 1 is 1.09 bits per heavy atom. The van der Waals surface area contributed by atoms with Crippen molar-refractivity contribution < 1.29 is 13.2 Å². The Morgan fingerprint density at radius 2 is 1.64 bits per heavy atom. The van der Waals surface area contributed by atoms with E-state index in [2.05, 4.69) is 0 Å². The van der Waals surface area contributed by atoms with E-state index >= 15 is 0 Å². The Kier molecular flexibility index (Phi) is 2.64. The molecule has 0 aliphatic carbocycles. The molecule has 0 unspecified atom stereocenters. The number of hydrogen-bond donors (Lipinski definition) is 0. The zero-order valence-electron chi connectivity index (χ0n) is 4.97. The van der Waals surface area contributed by atoms with E-state index in [1.54, 1.807) is 0 Å². The summed E-state index contributed by atoms with van der Waals surface area (Å²) in [5.74, 6) is -4.07. The Labute approximate surface area is 79.5 Å². The van der Waals surface area contributed by atoms with Gasteiger partial charge in [0, 0.05) is 0 Å². The van der Waals surface area contributed by atoms with Gasteiger partial charge < -0.3 is 0 Å². The molecule has 0 spiro atoms. The molecule has 1 rings (SSSR count). The van der Waals surface area contributed by atoms with Crippen LogP contribution in [0.25, 0.3) is 0 Å². The van der Waals surface area contributed by atoms with Crippen LogP contribution in [0.3, 0.4) is 0 Å². The van der Waals surface area contributed by atoms with Gasteiger partial charge in [0.15, 0.2) is 17.5 Å². The molecule has 0 bridgehead atoms. The predicted molar refractivity (Wildman–Crippen MR) is 44.0 cm³/mol. The van der Waals surface area contributed by atoms with Crippen molar-refractivity contribution in [3.63, 3.8) is 0 Å². The molecule has 0 saturated carbocycles. The van der Waals surface area contributed by atoms with Crippen LogP contribution in [0.5, 0.6) is 0 Å². The smallest absolute Gasteiger partial charge is 0.197 e. The summed E-state index contributed by atoms with van der Waals surface area (Å²) in [6, 6.07) is 1.02. The summed E-state index contributed by atoms with van der Waals surface area (Å²) >= 11 is 6.73. The summed E-state index contributed by atoms with van der Waals surface area (Å²) in [5, 5.41) is -0.409. The lowest BCUT2D eigenvalue weighted by atomic mass is 10.3. The van der Waals surface area contributed by atoms with Gasteiger partial charge in [-0.15, -0.1) is 0 Å². The molecule has 0 aromatic heterocycles. The summed E-state index contributed by atoms with van der Waals surface area (Å²) in [5.41, 5.74) is 0. The average molecular weight is 292 g/mol. The van der Waals surface area contributed by atoms with Crippen LogP contribution < -0.4 is 0 Å². The fourth-order valence-corrected chi connectivity index (χ4v) is 1.47. The lowest BCUT2D eigenvalue weighted by molar-refractivity contribution is 0.444. The van der Waals surface area contributed by atoms with Gasteiger partial charge in [-0.05, 0) is 28.7 Å². The molecule has 0 nitrogen and oxygen atoms in total. The summed E-state index contributed by atoms with van der Waals surface area (Å²) < 4.78 is 37.3. The van der Waals surface area contributed by atoms with E-state index in [1.807, 2.05) is 0 Å². The van der Waals surface area contributed by atoms with Crippen molar-refractivity contribution in [3.8, 4) is 0 Å². The maximum Gasteiger partial charge on any atom is 0.197 e. The zero-order chi connectivity index (χ0) is 8.59.